The Morgan fingerprint density at radius 3 is 2.86 bits per heavy atom. The minimum absolute atomic E-state index is 0.00115. The second kappa shape index (κ2) is 9.32. The minimum atomic E-state index is -0.0775. The largest absolute Gasteiger partial charge is 0.486 e. The van der Waals surface area contributed by atoms with Crippen LogP contribution in [0.5, 0.6) is 11.5 Å². The fourth-order valence-electron chi connectivity index (χ4n) is 3.72. The Bertz CT molecular complexity index is 874. The van der Waals surface area contributed by atoms with E-state index in [0.717, 1.165) is 42.7 Å². The third-order valence-corrected chi connectivity index (χ3v) is 5.98. The van der Waals surface area contributed by atoms with Crippen molar-refractivity contribution >= 4 is 33.4 Å². The molecule has 8 heteroatoms. The van der Waals surface area contributed by atoms with Gasteiger partial charge in [0.15, 0.2) is 11.5 Å². The van der Waals surface area contributed by atoms with E-state index < -0.39 is 0 Å². The van der Waals surface area contributed by atoms with Crippen LogP contribution < -0.4 is 14.8 Å². The summed E-state index contributed by atoms with van der Waals surface area (Å²) in [5, 5.41) is 3.68. The van der Waals surface area contributed by atoms with Crippen molar-refractivity contribution in [1.82, 2.24) is 15.2 Å². The first-order valence-electron chi connectivity index (χ1n) is 9.77. The minimum Gasteiger partial charge on any atom is -0.486 e. The molecule has 29 heavy (non-hydrogen) atoms. The number of nitrogens with zero attached hydrogens (tertiary/aromatic N) is 2. The number of hydrogen-bond acceptors (Lipinski definition) is 5. The molecular weight excluding hydrogens is 458 g/mol. The van der Waals surface area contributed by atoms with Gasteiger partial charge in [0, 0.05) is 41.0 Å². The van der Waals surface area contributed by atoms with Gasteiger partial charge in [0.1, 0.15) is 12.7 Å². The van der Waals surface area contributed by atoms with E-state index in [1.54, 1.807) is 30.6 Å². The van der Waals surface area contributed by atoms with Crippen LogP contribution in [0.25, 0.3) is 0 Å². The first-order chi connectivity index (χ1) is 14.1. The third kappa shape index (κ3) is 5.41. The average Bonchev–Trinajstić information content (AvgIpc) is 2.73. The van der Waals surface area contributed by atoms with Gasteiger partial charge in [-0.25, -0.2) is 0 Å². The number of ether oxygens (including phenoxy) is 2. The predicted molar refractivity (Wildman–Crippen MR) is 115 cm³/mol. The highest BCUT2D eigenvalue weighted by Crippen LogP contribution is 2.34. The molecule has 1 unspecified atom stereocenters. The quantitative estimate of drug-likeness (QED) is 0.706. The highest BCUT2D eigenvalue weighted by atomic mass is 79.9. The number of aromatic nitrogens is 1. The molecule has 1 fully saturated rings. The molecule has 2 aliphatic heterocycles. The molecular formula is C21H23BrClN3O3. The molecule has 1 aromatic heterocycles. The maximum atomic E-state index is 12.3. The summed E-state index contributed by atoms with van der Waals surface area (Å²) in [4.78, 5) is 18.7. The molecule has 1 atom stereocenters. The molecule has 3 heterocycles. The zero-order chi connectivity index (χ0) is 20.2. The molecule has 1 amide bonds. The fraction of sp³-hybridized carbons (Fsp3) is 0.429. The number of fused-ring (bicyclic) bond motifs is 1. The lowest BCUT2D eigenvalue weighted by Crippen LogP contribution is -2.45. The van der Waals surface area contributed by atoms with E-state index in [9.17, 15) is 4.79 Å². The van der Waals surface area contributed by atoms with Gasteiger partial charge in [0.05, 0.1) is 5.56 Å². The monoisotopic (exact) mass is 479 g/mol. The fourth-order valence-corrected chi connectivity index (χ4v) is 4.24. The van der Waals surface area contributed by atoms with E-state index in [0.29, 0.717) is 35.4 Å². The van der Waals surface area contributed by atoms with Crippen molar-refractivity contribution in [2.24, 2.45) is 5.92 Å². The number of nitrogens with one attached hydrogen (secondary N) is 1. The van der Waals surface area contributed by atoms with Crippen molar-refractivity contribution in [1.29, 1.82) is 0 Å². The Morgan fingerprint density at radius 2 is 2.07 bits per heavy atom. The number of carbonyl (C=O) groups excluding carboxylic acids is 1. The van der Waals surface area contributed by atoms with Gasteiger partial charge in [0.25, 0.3) is 5.91 Å². The van der Waals surface area contributed by atoms with Crippen LogP contribution in [-0.2, 0) is 0 Å². The van der Waals surface area contributed by atoms with Gasteiger partial charge in [-0.05, 0) is 66.0 Å². The van der Waals surface area contributed by atoms with Crippen molar-refractivity contribution in [3.8, 4) is 11.5 Å². The Morgan fingerprint density at radius 1 is 1.24 bits per heavy atom. The van der Waals surface area contributed by atoms with E-state index in [2.05, 4.69) is 31.1 Å². The molecule has 0 aliphatic carbocycles. The number of halogens is 2. The summed E-state index contributed by atoms with van der Waals surface area (Å²) in [5.41, 5.74) is 0.576. The predicted octanol–water partition coefficient (Wildman–Crippen LogP) is 3.78. The van der Waals surface area contributed by atoms with E-state index in [4.69, 9.17) is 21.1 Å². The summed E-state index contributed by atoms with van der Waals surface area (Å²) in [5.74, 6) is 1.87. The summed E-state index contributed by atoms with van der Waals surface area (Å²) < 4.78 is 12.7. The maximum absolute atomic E-state index is 12.3. The second-order valence-corrected chi connectivity index (χ2v) is 8.84. The second-order valence-electron chi connectivity index (χ2n) is 7.49. The third-order valence-electron chi connectivity index (χ3n) is 5.31. The Balaban J connectivity index is 1.20. The Kier molecular flexibility index (Phi) is 6.57. The van der Waals surface area contributed by atoms with Gasteiger partial charge < -0.3 is 14.8 Å². The molecule has 1 aromatic carbocycles. The first kappa shape index (κ1) is 20.4. The molecule has 2 aliphatic rings. The number of likely N-dealkylation sites (tertiary alicyclic amines) is 1. The standard InChI is InChI=1S/C21H23BrClN3O3/c22-16-7-15(10-24-11-16)21(27)25-9-14-3-5-26(6-4-14)12-18-13-28-19-2-1-17(23)8-20(19)29-18/h1-2,7-8,10-11,14,18H,3-6,9,12-13H2,(H,25,27). The van der Waals surface area contributed by atoms with Crippen molar-refractivity contribution in [3.05, 3.63) is 51.7 Å². The first-order valence-corrected chi connectivity index (χ1v) is 10.9. The van der Waals surface area contributed by atoms with Gasteiger partial charge in [-0.1, -0.05) is 11.6 Å². The number of carbonyl (C=O) groups is 1. The van der Waals surface area contributed by atoms with Crippen molar-refractivity contribution in [2.45, 2.75) is 18.9 Å². The topological polar surface area (TPSA) is 63.7 Å². The van der Waals surface area contributed by atoms with Crippen LogP contribution in [0.3, 0.4) is 0 Å². The van der Waals surface area contributed by atoms with Crippen LogP contribution in [-0.4, -0.2) is 54.7 Å². The van der Waals surface area contributed by atoms with Crippen LogP contribution in [0.1, 0.15) is 23.2 Å². The number of benzene rings is 1. The van der Waals surface area contributed by atoms with Crippen LogP contribution in [0.2, 0.25) is 5.02 Å². The molecule has 1 saturated heterocycles. The molecule has 0 bridgehead atoms. The lowest BCUT2D eigenvalue weighted by molar-refractivity contribution is 0.0476. The van der Waals surface area contributed by atoms with Crippen LogP contribution >= 0.6 is 27.5 Å². The average molecular weight is 481 g/mol. The van der Waals surface area contributed by atoms with Gasteiger partial charge in [-0.15, -0.1) is 0 Å². The number of amides is 1. The molecule has 0 radical (unpaired) electrons. The van der Waals surface area contributed by atoms with E-state index in [1.807, 2.05) is 6.07 Å². The van der Waals surface area contributed by atoms with Gasteiger partial charge in [-0.2, -0.15) is 0 Å². The zero-order valence-corrected chi connectivity index (χ0v) is 18.3. The van der Waals surface area contributed by atoms with Crippen LogP contribution in [0, 0.1) is 5.92 Å². The molecule has 154 valence electrons. The van der Waals surface area contributed by atoms with Crippen molar-refractivity contribution < 1.29 is 14.3 Å². The zero-order valence-electron chi connectivity index (χ0n) is 15.9. The lowest BCUT2D eigenvalue weighted by atomic mass is 9.96. The molecule has 1 N–H and O–H groups in total. The van der Waals surface area contributed by atoms with Gasteiger partial charge >= 0.3 is 0 Å². The van der Waals surface area contributed by atoms with E-state index >= 15 is 0 Å². The molecule has 6 nitrogen and oxygen atoms in total. The van der Waals surface area contributed by atoms with Gasteiger partial charge in [0.2, 0.25) is 0 Å². The van der Waals surface area contributed by atoms with E-state index in [1.165, 1.54) is 0 Å². The Labute approximate surface area is 183 Å². The number of pyridine rings is 1. The van der Waals surface area contributed by atoms with Crippen molar-refractivity contribution in [2.75, 3.05) is 32.8 Å². The molecule has 0 saturated carbocycles. The summed E-state index contributed by atoms with van der Waals surface area (Å²) in [6.07, 6.45) is 5.35. The molecule has 4 rings (SSSR count). The summed E-state index contributed by atoms with van der Waals surface area (Å²) in [6, 6.07) is 7.24. The van der Waals surface area contributed by atoms with Gasteiger partial charge in [-0.3, -0.25) is 14.7 Å². The number of rotatable bonds is 5. The van der Waals surface area contributed by atoms with Crippen LogP contribution in [0.15, 0.2) is 41.1 Å². The number of hydrogen-bond donors (Lipinski definition) is 1. The van der Waals surface area contributed by atoms with Crippen molar-refractivity contribution in [3.63, 3.8) is 0 Å². The smallest absolute Gasteiger partial charge is 0.252 e. The number of piperidine rings is 1. The normalized spacial score (nSPS) is 19.7. The summed E-state index contributed by atoms with van der Waals surface area (Å²) in [7, 11) is 0. The highest BCUT2D eigenvalue weighted by Gasteiger charge is 2.26. The summed E-state index contributed by atoms with van der Waals surface area (Å²) in [6.45, 7) is 4.04. The summed E-state index contributed by atoms with van der Waals surface area (Å²) >= 11 is 9.39. The molecule has 0 spiro atoms. The Hall–Kier alpha value is -1.83. The van der Waals surface area contributed by atoms with Crippen LogP contribution in [0.4, 0.5) is 0 Å². The van der Waals surface area contributed by atoms with E-state index in [-0.39, 0.29) is 12.0 Å². The lowest BCUT2D eigenvalue weighted by Gasteiger charge is -2.35. The SMILES string of the molecule is O=C(NCC1CCN(CC2COc3ccc(Cl)cc3O2)CC1)c1cncc(Br)c1. The highest BCUT2D eigenvalue weighted by molar-refractivity contribution is 9.10. The maximum Gasteiger partial charge on any atom is 0.252 e. The molecule has 2 aromatic rings.